The van der Waals surface area contributed by atoms with Gasteiger partial charge in [0, 0.05) is 11.9 Å². The van der Waals surface area contributed by atoms with E-state index in [4.69, 9.17) is 0 Å². The summed E-state index contributed by atoms with van der Waals surface area (Å²) < 4.78 is 0. The SMILES string of the molecule is CCCCCC/C(C)=C1\C=CC=CN1. The highest BCUT2D eigenvalue weighted by atomic mass is 14.8. The van der Waals surface area contributed by atoms with Crippen LogP contribution in [0.15, 0.2) is 35.7 Å². The molecule has 0 unspecified atom stereocenters. The van der Waals surface area contributed by atoms with Crippen LogP contribution in [0.5, 0.6) is 0 Å². The maximum Gasteiger partial charge on any atom is 0.0368 e. The van der Waals surface area contributed by atoms with Gasteiger partial charge < -0.3 is 5.32 Å². The summed E-state index contributed by atoms with van der Waals surface area (Å²) in [7, 11) is 0. The van der Waals surface area contributed by atoms with E-state index in [0.29, 0.717) is 0 Å². The normalized spacial score (nSPS) is 18.1. The summed E-state index contributed by atoms with van der Waals surface area (Å²) >= 11 is 0. The summed E-state index contributed by atoms with van der Waals surface area (Å²) in [6.45, 7) is 4.47. The minimum atomic E-state index is 1.22. The van der Waals surface area contributed by atoms with E-state index in [1.807, 2.05) is 12.3 Å². The van der Waals surface area contributed by atoms with Gasteiger partial charge in [0.1, 0.15) is 0 Å². The van der Waals surface area contributed by atoms with Gasteiger partial charge in [-0.25, -0.2) is 0 Å². The van der Waals surface area contributed by atoms with E-state index >= 15 is 0 Å². The second kappa shape index (κ2) is 6.47. The number of hydrogen-bond acceptors (Lipinski definition) is 1. The van der Waals surface area contributed by atoms with Crippen LogP contribution in [-0.4, -0.2) is 0 Å². The first kappa shape index (κ1) is 11.1. The molecule has 78 valence electrons. The number of unbranched alkanes of at least 4 members (excludes halogenated alkanes) is 3. The molecule has 1 heterocycles. The molecular formula is C13H21N. The highest BCUT2D eigenvalue weighted by Crippen LogP contribution is 2.14. The second-order valence-corrected chi connectivity index (χ2v) is 3.87. The fraction of sp³-hybridized carbons (Fsp3) is 0.538. The van der Waals surface area contributed by atoms with Crippen molar-refractivity contribution in [2.24, 2.45) is 0 Å². The maximum atomic E-state index is 3.27. The molecule has 1 heteroatoms. The van der Waals surface area contributed by atoms with E-state index in [-0.39, 0.29) is 0 Å². The van der Waals surface area contributed by atoms with Crippen LogP contribution in [0.3, 0.4) is 0 Å². The first-order chi connectivity index (χ1) is 6.84. The third-order valence-corrected chi connectivity index (χ3v) is 2.57. The molecule has 1 nitrogen and oxygen atoms in total. The molecule has 0 fully saturated rings. The topological polar surface area (TPSA) is 12.0 Å². The summed E-state index contributed by atoms with van der Waals surface area (Å²) in [5.74, 6) is 0. The van der Waals surface area contributed by atoms with Gasteiger partial charge in [0.2, 0.25) is 0 Å². The van der Waals surface area contributed by atoms with Crippen molar-refractivity contribution in [1.82, 2.24) is 5.32 Å². The van der Waals surface area contributed by atoms with Gasteiger partial charge in [0.25, 0.3) is 0 Å². The lowest BCUT2D eigenvalue weighted by Gasteiger charge is -2.10. The predicted molar refractivity (Wildman–Crippen MR) is 62.9 cm³/mol. The van der Waals surface area contributed by atoms with Gasteiger partial charge in [0.05, 0.1) is 0 Å². The van der Waals surface area contributed by atoms with E-state index in [0.717, 1.165) is 0 Å². The quantitative estimate of drug-likeness (QED) is 0.650. The molecular weight excluding hydrogens is 170 g/mol. The molecule has 0 aromatic rings. The Morgan fingerprint density at radius 1 is 1.21 bits per heavy atom. The Balaban J connectivity index is 2.29. The largest absolute Gasteiger partial charge is 0.362 e. The molecule has 1 rings (SSSR count). The van der Waals surface area contributed by atoms with Crippen LogP contribution in [-0.2, 0) is 0 Å². The average molecular weight is 191 g/mol. The first-order valence-electron chi connectivity index (χ1n) is 5.64. The van der Waals surface area contributed by atoms with Gasteiger partial charge in [-0.3, -0.25) is 0 Å². The Kier molecular flexibility index (Phi) is 5.13. The number of dihydropyridines is 1. The van der Waals surface area contributed by atoms with E-state index < -0.39 is 0 Å². The van der Waals surface area contributed by atoms with Crippen LogP contribution in [0.25, 0.3) is 0 Å². The minimum Gasteiger partial charge on any atom is -0.362 e. The minimum absolute atomic E-state index is 1.22. The average Bonchev–Trinajstić information content (AvgIpc) is 2.25. The summed E-state index contributed by atoms with van der Waals surface area (Å²) in [4.78, 5) is 0. The van der Waals surface area contributed by atoms with Gasteiger partial charge >= 0.3 is 0 Å². The van der Waals surface area contributed by atoms with Crippen molar-refractivity contribution in [3.8, 4) is 0 Å². The van der Waals surface area contributed by atoms with E-state index in [1.54, 1.807) is 0 Å². The summed E-state index contributed by atoms with van der Waals surface area (Å²) in [5.41, 5.74) is 2.76. The summed E-state index contributed by atoms with van der Waals surface area (Å²) in [5, 5.41) is 3.27. The molecule has 1 aliphatic heterocycles. The Labute approximate surface area is 87.6 Å². The second-order valence-electron chi connectivity index (χ2n) is 3.87. The van der Waals surface area contributed by atoms with Crippen molar-refractivity contribution in [2.45, 2.75) is 46.0 Å². The van der Waals surface area contributed by atoms with Crippen molar-refractivity contribution < 1.29 is 0 Å². The Hall–Kier alpha value is -0.980. The number of allylic oxidation sites excluding steroid dienone is 4. The summed E-state index contributed by atoms with van der Waals surface area (Å²) in [6.07, 6.45) is 14.8. The van der Waals surface area contributed by atoms with Crippen molar-refractivity contribution in [1.29, 1.82) is 0 Å². The Morgan fingerprint density at radius 3 is 2.71 bits per heavy atom. The van der Waals surface area contributed by atoms with E-state index in [9.17, 15) is 0 Å². The van der Waals surface area contributed by atoms with Gasteiger partial charge in [-0.05, 0) is 37.5 Å². The standard InChI is InChI=1S/C13H21N/c1-3-4-5-6-9-12(2)13-10-7-8-11-14-13/h7-8,10-11,14H,3-6,9H2,1-2H3/b13-12+. The van der Waals surface area contributed by atoms with Gasteiger partial charge in [-0.1, -0.05) is 32.3 Å². The zero-order valence-electron chi connectivity index (χ0n) is 9.34. The molecule has 0 aromatic carbocycles. The molecule has 14 heavy (non-hydrogen) atoms. The highest BCUT2D eigenvalue weighted by molar-refractivity contribution is 5.30. The fourth-order valence-corrected chi connectivity index (χ4v) is 1.61. The molecule has 0 bridgehead atoms. The lowest BCUT2D eigenvalue weighted by molar-refractivity contribution is 0.661. The van der Waals surface area contributed by atoms with Crippen molar-refractivity contribution in [3.05, 3.63) is 35.7 Å². The van der Waals surface area contributed by atoms with Crippen molar-refractivity contribution in [2.75, 3.05) is 0 Å². The third-order valence-electron chi connectivity index (χ3n) is 2.57. The van der Waals surface area contributed by atoms with Gasteiger partial charge in [-0.15, -0.1) is 0 Å². The zero-order valence-corrected chi connectivity index (χ0v) is 9.34. The van der Waals surface area contributed by atoms with Gasteiger partial charge in [0.15, 0.2) is 0 Å². The maximum absolute atomic E-state index is 3.27. The molecule has 0 spiro atoms. The lowest BCUT2D eigenvalue weighted by atomic mass is 10.1. The monoisotopic (exact) mass is 191 g/mol. The molecule has 0 aliphatic carbocycles. The van der Waals surface area contributed by atoms with Gasteiger partial charge in [-0.2, -0.15) is 0 Å². The molecule has 0 atom stereocenters. The molecule has 0 aromatic heterocycles. The van der Waals surface area contributed by atoms with E-state index in [1.165, 1.54) is 43.4 Å². The fourth-order valence-electron chi connectivity index (χ4n) is 1.61. The van der Waals surface area contributed by atoms with Crippen LogP contribution in [0.4, 0.5) is 0 Å². The molecule has 1 aliphatic rings. The lowest BCUT2D eigenvalue weighted by Crippen LogP contribution is -2.07. The smallest absolute Gasteiger partial charge is 0.0368 e. The van der Waals surface area contributed by atoms with Crippen molar-refractivity contribution in [3.63, 3.8) is 0 Å². The van der Waals surface area contributed by atoms with E-state index in [2.05, 4.69) is 31.3 Å². The number of hydrogen-bond donors (Lipinski definition) is 1. The first-order valence-corrected chi connectivity index (χ1v) is 5.64. The van der Waals surface area contributed by atoms with Crippen molar-refractivity contribution >= 4 is 0 Å². The number of nitrogens with one attached hydrogen (secondary N) is 1. The van der Waals surface area contributed by atoms with Crippen LogP contribution < -0.4 is 5.32 Å². The van der Waals surface area contributed by atoms with Crippen LogP contribution in [0.1, 0.15) is 46.0 Å². The molecule has 0 amide bonds. The number of rotatable bonds is 5. The zero-order chi connectivity index (χ0) is 10.2. The summed E-state index contributed by atoms with van der Waals surface area (Å²) in [6, 6.07) is 0. The Morgan fingerprint density at radius 2 is 2.07 bits per heavy atom. The molecule has 0 saturated carbocycles. The molecule has 1 N–H and O–H groups in total. The highest BCUT2D eigenvalue weighted by Gasteiger charge is 1.99. The Bertz CT molecular complexity index is 246. The molecule has 0 radical (unpaired) electrons. The predicted octanol–water partition coefficient (Wildman–Crippen LogP) is 3.90. The van der Waals surface area contributed by atoms with Crippen LogP contribution in [0.2, 0.25) is 0 Å². The van der Waals surface area contributed by atoms with Crippen LogP contribution >= 0.6 is 0 Å². The third kappa shape index (κ3) is 3.82. The van der Waals surface area contributed by atoms with Crippen LogP contribution in [0, 0.1) is 0 Å². The molecule has 0 saturated heterocycles.